The summed E-state index contributed by atoms with van der Waals surface area (Å²) in [6.45, 7) is 6.39. The molecule has 1 aromatic rings. The zero-order chi connectivity index (χ0) is 22.4. The lowest BCUT2D eigenvalue weighted by Crippen LogP contribution is -2.57. The average Bonchev–Trinajstić information content (AvgIpc) is 3.03. The second-order valence-electron chi connectivity index (χ2n) is 8.62. The number of likely N-dealkylation sites (tertiary alicyclic amines) is 1. The number of carbonyl (C=O) groups excluding carboxylic acids is 3. The largest absolute Gasteiger partial charge is 0.385 e. The van der Waals surface area contributed by atoms with Crippen molar-refractivity contribution < 1.29 is 19.1 Å². The van der Waals surface area contributed by atoms with E-state index in [0.717, 1.165) is 12.1 Å². The normalized spacial score (nSPS) is 18.2. The smallest absolute Gasteiger partial charge is 0.250 e. The minimum Gasteiger partial charge on any atom is -0.385 e. The van der Waals surface area contributed by atoms with Crippen molar-refractivity contribution >= 4 is 23.4 Å². The van der Waals surface area contributed by atoms with Gasteiger partial charge >= 0.3 is 0 Å². The fraction of sp³-hybridized carbons (Fsp3) is 0.609. The SMILES string of the molecule is COCCCNC(=O)CN1CN(c2ccccc2)C2(CCN(C(=O)C(C)C)CC2)C1=O. The van der Waals surface area contributed by atoms with Crippen molar-refractivity contribution in [2.24, 2.45) is 5.92 Å². The van der Waals surface area contributed by atoms with Crippen LogP contribution in [0, 0.1) is 5.92 Å². The van der Waals surface area contributed by atoms with Gasteiger partial charge in [0.15, 0.2) is 0 Å². The second-order valence-corrected chi connectivity index (χ2v) is 8.62. The van der Waals surface area contributed by atoms with Crippen molar-refractivity contribution in [2.75, 3.05) is 51.5 Å². The third-order valence-electron chi connectivity index (χ3n) is 6.16. The summed E-state index contributed by atoms with van der Waals surface area (Å²) in [4.78, 5) is 44.0. The molecular weight excluding hydrogens is 396 g/mol. The van der Waals surface area contributed by atoms with Crippen LogP contribution in [0.25, 0.3) is 0 Å². The molecule has 0 radical (unpaired) electrons. The standard InChI is InChI=1S/C23H34N4O4/c1-18(2)21(29)25-13-10-23(11-14-25)22(30)26(16-20(28)24-12-7-15-31-3)17-27(23)19-8-5-4-6-9-19/h4-6,8-9,18H,7,10-17H2,1-3H3,(H,24,28). The zero-order valence-electron chi connectivity index (χ0n) is 18.8. The van der Waals surface area contributed by atoms with E-state index in [4.69, 9.17) is 4.74 Å². The number of para-hydroxylation sites is 1. The zero-order valence-corrected chi connectivity index (χ0v) is 18.8. The predicted molar refractivity (Wildman–Crippen MR) is 118 cm³/mol. The molecule has 170 valence electrons. The van der Waals surface area contributed by atoms with Crippen LogP contribution in [-0.4, -0.2) is 79.6 Å². The quantitative estimate of drug-likeness (QED) is 0.632. The Hall–Kier alpha value is -2.61. The minimum absolute atomic E-state index is 0.0277. The van der Waals surface area contributed by atoms with Crippen LogP contribution in [0.3, 0.4) is 0 Å². The molecule has 0 saturated carbocycles. The van der Waals surface area contributed by atoms with Crippen molar-refractivity contribution in [1.29, 1.82) is 0 Å². The number of methoxy groups -OCH3 is 1. The van der Waals surface area contributed by atoms with Crippen molar-refractivity contribution in [3.05, 3.63) is 30.3 Å². The first-order valence-corrected chi connectivity index (χ1v) is 11.1. The number of nitrogens with one attached hydrogen (secondary N) is 1. The lowest BCUT2D eigenvalue weighted by Gasteiger charge is -2.43. The van der Waals surface area contributed by atoms with Gasteiger partial charge in [-0.15, -0.1) is 0 Å². The van der Waals surface area contributed by atoms with E-state index in [1.807, 2.05) is 49.1 Å². The van der Waals surface area contributed by atoms with E-state index < -0.39 is 5.54 Å². The number of rotatable bonds is 8. The highest BCUT2D eigenvalue weighted by molar-refractivity contribution is 5.96. The third kappa shape index (κ3) is 5.01. The summed E-state index contributed by atoms with van der Waals surface area (Å²) in [5.41, 5.74) is 0.244. The highest BCUT2D eigenvalue weighted by atomic mass is 16.5. The van der Waals surface area contributed by atoms with Gasteiger partial charge in [0.25, 0.3) is 5.91 Å². The first kappa shape index (κ1) is 23.1. The van der Waals surface area contributed by atoms with Crippen LogP contribution in [0.2, 0.25) is 0 Å². The monoisotopic (exact) mass is 430 g/mol. The number of hydrogen-bond acceptors (Lipinski definition) is 5. The number of benzene rings is 1. The summed E-state index contributed by atoms with van der Waals surface area (Å²) < 4.78 is 5.00. The van der Waals surface area contributed by atoms with E-state index in [2.05, 4.69) is 10.2 Å². The minimum atomic E-state index is -0.717. The molecule has 0 aromatic heterocycles. The molecule has 0 bridgehead atoms. The fourth-order valence-electron chi connectivity index (χ4n) is 4.46. The van der Waals surface area contributed by atoms with Crippen LogP contribution in [0.15, 0.2) is 30.3 Å². The Morgan fingerprint density at radius 1 is 1.16 bits per heavy atom. The van der Waals surface area contributed by atoms with Gasteiger partial charge in [-0.25, -0.2) is 0 Å². The van der Waals surface area contributed by atoms with Gasteiger partial charge in [0.1, 0.15) is 12.1 Å². The lowest BCUT2D eigenvalue weighted by atomic mass is 9.85. The fourth-order valence-corrected chi connectivity index (χ4v) is 4.46. The van der Waals surface area contributed by atoms with E-state index in [1.54, 1.807) is 12.0 Å². The third-order valence-corrected chi connectivity index (χ3v) is 6.16. The van der Waals surface area contributed by atoms with Gasteiger partial charge in [-0.05, 0) is 31.4 Å². The molecule has 3 amide bonds. The Morgan fingerprint density at radius 3 is 2.45 bits per heavy atom. The van der Waals surface area contributed by atoms with Crippen LogP contribution >= 0.6 is 0 Å². The maximum atomic E-state index is 13.6. The first-order valence-electron chi connectivity index (χ1n) is 11.1. The molecule has 1 N–H and O–H groups in total. The molecule has 2 fully saturated rings. The molecule has 1 aromatic carbocycles. The number of piperidine rings is 1. The molecular formula is C23H34N4O4. The average molecular weight is 431 g/mol. The van der Waals surface area contributed by atoms with Gasteiger partial charge in [0, 0.05) is 45.0 Å². The van der Waals surface area contributed by atoms with E-state index in [-0.39, 0.29) is 30.2 Å². The molecule has 31 heavy (non-hydrogen) atoms. The van der Waals surface area contributed by atoms with Gasteiger partial charge < -0.3 is 24.8 Å². The summed E-state index contributed by atoms with van der Waals surface area (Å²) in [6.07, 6.45) is 1.85. The summed E-state index contributed by atoms with van der Waals surface area (Å²) in [7, 11) is 1.63. The topological polar surface area (TPSA) is 82.2 Å². The van der Waals surface area contributed by atoms with Crippen LogP contribution in [0.1, 0.15) is 33.1 Å². The Labute approximate surface area is 184 Å². The van der Waals surface area contributed by atoms with Gasteiger partial charge in [-0.3, -0.25) is 14.4 Å². The highest BCUT2D eigenvalue weighted by Crippen LogP contribution is 2.39. The predicted octanol–water partition coefficient (Wildman–Crippen LogP) is 1.46. The van der Waals surface area contributed by atoms with E-state index >= 15 is 0 Å². The van der Waals surface area contributed by atoms with Crippen molar-refractivity contribution in [3.63, 3.8) is 0 Å². The summed E-state index contributed by atoms with van der Waals surface area (Å²) in [5.74, 6) is -0.127. The molecule has 2 aliphatic heterocycles. The second kappa shape index (κ2) is 10.1. The molecule has 8 nitrogen and oxygen atoms in total. The number of hydrogen-bond donors (Lipinski definition) is 1. The summed E-state index contributed by atoms with van der Waals surface area (Å²) in [5, 5.41) is 2.86. The molecule has 3 rings (SSSR count). The molecule has 2 heterocycles. The maximum Gasteiger partial charge on any atom is 0.250 e. The van der Waals surface area contributed by atoms with Crippen LogP contribution < -0.4 is 10.2 Å². The summed E-state index contributed by atoms with van der Waals surface area (Å²) >= 11 is 0. The van der Waals surface area contributed by atoms with Crippen molar-refractivity contribution in [1.82, 2.24) is 15.1 Å². The van der Waals surface area contributed by atoms with Gasteiger partial charge in [0.05, 0.1) is 6.67 Å². The van der Waals surface area contributed by atoms with Gasteiger partial charge in [-0.1, -0.05) is 32.0 Å². The number of nitrogens with zero attached hydrogens (tertiary/aromatic N) is 3. The molecule has 2 saturated heterocycles. The van der Waals surface area contributed by atoms with Crippen molar-refractivity contribution in [3.8, 4) is 0 Å². The van der Waals surface area contributed by atoms with Crippen LogP contribution in [-0.2, 0) is 19.1 Å². The van der Waals surface area contributed by atoms with E-state index in [9.17, 15) is 14.4 Å². The Bertz CT molecular complexity index is 775. The molecule has 0 atom stereocenters. The number of carbonyl (C=O) groups is 3. The van der Waals surface area contributed by atoms with E-state index in [0.29, 0.717) is 45.8 Å². The Balaban J connectivity index is 1.74. The maximum absolute atomic E-state index is 13.6. The van der Waals surface area contributed by atoms with Crippen LogP contribution in [0.4, 0.5) is 5.69 Å². The number of amides is 3. The number of ether oxygens (including phenoxy) is 1. The van der Waals surface area contributed by atoms with Gasteiger partial charge in [-0.2, -0.15) is 0 Å². The summed E-state index contributed by atoms with van der Waals surface area (Å²) in [6, 6.07) is 9.85. The highest BCUT2D eigenvalue weighted by Gasteiger charge is 2.54. The van der Waals surface area contributed by atoms with Crippen LogP contribution in [0.5, 0.6) is 0 Å². The molecule has 1 spiro atoms. The molecule has 2 aliphatic rings. The number of anilines is 1. The lowest BCUT2D eigenvalue weighted by molar-refractivity contribution is -0.141. The first-order chi connectivity index (χ1) is 14.9. The molecule has 0 unspecified atom stereocenters. The Morgan fingerprint density at radius 2 is 1.84 bits per heavy atom. The Kier molecular flexibility index (Phi) is 7.54. The van der Waals surface area contributed by atoms with Crippen molar-refractivity contribution in [2.45, 2.75) is 38.6 Å². The molecule has 8 heteroatoms. The van der Waals surface area contributed by atoms with E-state index in [1.165, 1.54) is 0 Å². The van der Waals surface area contributed by atoms with Gasteiger partial charge in [0.2, 0.25) is 11.8 Å². The molecule has 0 aliphatic carbocycles.